The Bertz CT molecular complexity index is 1480. The molecule has 0 radical (unpaired) electrons. The van der Waals surface area contributed by atoms with E-state index in [1.807, 2.05) is 0 Å². The maximum atomic E-state index is 13.2. The van der Waals surface area contributed by atoms with Gasteiger partial charge in [-0.15, -0.1) is 0 Å². The van der Waals surface area contributed by atoms with E-state index in [0.29, 0.717) is 27.6 Å². The van der Waals surface area contributed by atoms with Crippen LogP contribution in [0.2, 0.25) is 5.02 Å². The predicted molar refractivity (Wildman–Crippen MR) is 145 cm³/mol. The summed E-state index contributed by atoms with van der Waals surface area (Å²) in [6, 6.07) is 15.4. The zero-order valence-electron chi connectivity index (χ0n) is 21.2. The molecule has 0 saturated carbocycles. The molecule has 4 rings (SSSR count). The average molecular weight is 550 g/mol. The number of nitrogens with zero attached hydrogens (tertiary/aromatic N) is 1. The number of benzene rings is 3. The fourth-order valence-electron chi connectivity index (χ4n) is 3.77. The van der Waals surface area contributed by atoms with E-state index in [4.69, 9.17) is 25.8 Å². The Morgan fingerprint density at radius 2 is 1.72 bits per heavy atom. The molecule has 1 heterocycles. The summed E-state index contributed by atoms with van der Waals surface area (Å²) in [6.45, 7) is 1.42. The monoisotopic (exact) mass is 549 g/mol. The molecule has 1 fully saturated rings. The topological polar surface area (TPSA) is 123 Å². The minimum atomic E-state index is -0.873. The number of methoxy groups -OCH3 is 2. The van der Waals surface area contributed by atoms with Gasteiger partial charge in [0.1, 0.15) is 11.3 Å². The third-order valence-electron chi connectivity index (χ3n) is 5.74. The Morgan fingerprint density at radius 3 is 2.41 bits per heavy atom. The molecule has 10 nitrogen and oxygen atoms in total. The zero-order valence-corrected chi connectivity index (χ0v) is 22.0. The summed E-state index contributed by atoms with van der Waals surface area (Å²) in [5.74, 6) is -0.826. The van der Waals surface area contributed by atoms with Gasteiger partial charge in [0.25, 0.3) is 17.7 Å². The number of anilines is 2. The standard InChI is InChI=1S/C28H24ClN3O7/c1-16-4-6-18(29)14-22(16)32-27(35)21(26(34)31-28(32)36)12-17-5-11-23(24(13-17)38-3)39-15-25(33)30-19-7-9-20(37-2)10-8-19/h4-14H,15H2,1-3H3,(H,30,33)(H,31,34,36)/b21-12+. The molecule has 5 amide bonds. The average Bonchev–Trinajstić information content (AvgIpc) is 2.92. The second kappa shape index (κ2) is 11.7. The molecule has 0 aromatic heterocycles. The summed E-state index contributed by atoms with van der Waals surface area (Å²) in [6.07, 6.45) is 1.33. The van der Waals surface area contributed by atoms with Crippen LogP contribution in [0.15, 0.2) is 66.2 Å². The molecule has 2 N–H and O–H groups in total. The van der Waals surface area contributed by atoms with Crippen LogP contribution in [0.5, 0.6) is 17.2 Å². The number of hydrogen-bond donors (Lipinski definition) is 2. The van der Waals surface area contributed by atoms with E-state index in [1.54, 1.807) is 62.6 Å². The molecule has 200 valence electrons. The third-order valence-corrected chi connectivity index (χ3v) is 5.98. The minimum absolute atomic E-state index is 0.261. The van der Waals surface area contributed by atoms with Crippen LogP contribution >= 0.6 is 11.6 Å². The first kappa shape index (κ1) is 27.2. The molecular formula is C28H24ClN3O7. The Labute approximate surface area is 229 Å². The van der Waals surface area contributed by atoms with Gasteiger partial charge in [0, 0.05) is 10.7 Å². The van der Waals surface area contributed by atoms with E-state index >= 15 is 0 Å². The zero-order chi connectivity index (χ0) is 28.1. The van der Waals surface area contributed by atoms with Gasteiger partial charge in [0.2, 0.25) is 0 Å². The van der Waals surface area contributed by atoms with E-state index in [1.165, 1.54) is 25.3 Å². The van der Waals surface area contributed by atoms with Crippen LogP contribution in [-0.4, -0.2) is 44.6 Å². The first-order valence-corrected chi connectivity index (χ1v) is 12.0. The fourth-order valence-corrected chi connectivity index (χ4v) is 3.94. The smallest absolute Gasteiger partial charge is 0.335 e. The molecule has 1 aliphatic heterocycles. The Balaban J connectivity index is 1.51. The van der Waals surface area contributed by atoms with Gasteiger partial charge in [0.15, 0.2) is 18.1 Å². The molecule has 3 aromatic carbocycles. The number of rotatable bonds is 8. The van der Waals surface area contributed by atoms with Crippen LogP contribution in [0.1, 0.15) is 11.1 Å². The van der Waals surface area contributed by atoms with Crippen LogP contribution < -0.4 is 29.7 Å². The number of halogens is 1. The number of nitrogens with one attached hydrogen (secondary N) is 2. The summed E-state index contributed by atoms with van der Waals surface area (Å²) >= 11 is 6.06. The molecule has 0 unspecified atom stereocenters. The second-order valence-electron chi connectivity index (χ2n) is 8.36. The molecular weight excluding hydrogens is 526 g/mol. The van der Waals surface area contributed by atoms with Crippen molar-refractivity contribution in [3.63, 3.8) is 0 Å². The number of ether oxygens (including phenoxy) is 3. The lowest BCUT2D eigenvalue weighted by atomic mass is 10.1. The molecule has 3 aromatic rings. The number of carbonyl (C=O) groups is 4. The van der Waals surface area contributed by atoms with E-state index in [9.17, 15) is 19.2 Å². The Kier molecular flexibility index (Phi) is 8.16. The van der Waals surface area contributed by atoms with Gasteiger partial charge in [-0.2, -0.15) is 0 Å². The molecule has 0 atom stereocenters. The van der Waals surface area contributed by atoms with Crippen LogP contribution in [-0.2, 0) is 14.4 Å². The van der Waals surface area contributed by atoms with Gasteiger partial charge in [-0.05, 0) is 72.7 Å². The lowest BCUT2D eigenvalue weighted by Crippen LogP contribution is -2.54. The largest absolute Gasteiger partial charge is 0.497 e. The van der Waals surface area contributed by atoms with Gasteiger partial charge in [-0.25, -0.2) is 9.69 Å². The van der Waals surface area contributed by atoms with Crippen molar-refractivity contribution in [3.05, 3.63) is 82.4 Å². The molecule has 1 saturated heterocycles. The first-order chi connectivity index (χ1) is 18.7. The fraction of sp³-hybridized carbons (Fsp3) is 0.143. The van der Waals surface area contributed by atoms with Gasteiger partial charge in [-0.3, -0.25) is 19.7 Å². The van der Waals surface area contributed by atoms with Crippen LogP contribution in [0, 0.1) is 6.92 Å². The summed E-state index contributed by atoms with van der Waals surface area (Å²) in [5.41, 5.74) is 1.63. The lowest BCUT2D eigenvalue weighted by molar-refractivity contribution is -0.122. The van der Waals surface area contributed by atoms with Crippen molar-refractivity contribution in [3.8, 4) is 17.2 Å². The predicted octanol–water partition coefficient (Wildman–Crippen LogP) is 4.35. The highest BCUT2D eigenvalue weighted by Crippen LogP contribution is 2.31. The Morgan fingerprint density at radius 1 is 0.974 bits per heavy atom. The van der Waals surface area contributed by atoms with E-state index < -0.39 is 17.8 Å². The molecule has 0 bridgehead atoms. The van der Waals surface area contributed by atoms with Crippen molar-refractivity contribution >= 4 is 52.8 Å². The second-order valence-corrected chi connectivity index (χ2v) is 8.80. The van der Waals surface area contributed by atoms with Crippen molar-refractivity contribution < 1.29 is 33.4 Å². The number of imide groups is 2. The van der Waals surface area contributed by atoms with Gasteiger partial charge in [0.05, 0.1) is 19.9 Å². The van der Waals surface area contributed by atoms with E-state index in [2.05, 4.69) is 10.6 Å². The SMILES string of the molecule is COc1ccc(NC(=O)COc2ccc(/C=C3\C(=O)NC(=O)N(c4cc(Cl)ccc4C)C3=O)cc2OC)cc1. The van der Waals surface area contributed by atoms with Crippen molar-refractivity contribution in [2.75, 3.05) is 31.0 Å². The number of carbonyl (C=O) groups excluding carboxylic acids is 4. The van der Waals surface area contributed by atoms with Crippen molar-refractivity contribution in [1.29, 1.82) is 0 Å². The summed E-state index contributed by atoms with van der Waals surface area (Å²) in [4.78, 5) is 51.5. The highest BCUT2D eigenvalue weighted by atomic mass is 35.5. The highest BCUT2D eigenvalue weighted by Gasteiger charge is 2.37. The molecule has 0 aliphatic carbocycles. The van der Waals surface area contributed by atoms with Crippen LogP contribution in [0.4, 0.5) is 16.2 Å². The maximum absolute atomic E-state index is 13.2. The summed E-state index contributed by atoms with van der Waals surface area (Å²) in [5, 5.41) is 5.23. The van der Waals surface area contributed by atoms with E-state index in [-0.39, 0.29) is 35.3 Å². The molecule has 1 aliphatic rings. The number of aryl methyl sites for hydroxylation is 1. The van der Waals surface area contributed by atoms with Gasteiger partial charge < -0.3 is 19.5 Å². The maximum Gasteiger partial charge on any atom is 0.335 e. The third kappa shape index (κ3) is 6.19. The first-order valence-electron chi connectivity index (χ1n) is 11.6. The van der Waals surface area contributed by atoms with Gasteiger partial charge in [-0.1, -0.05) is 23.7 Å². The number of barbiturate groups is 1. The van der Waals surface area contributed by atoms with Crippen LogP contribution in [0.3, 0.4) is 0 Å². The van der Waals surface area contributed by atoms with Crippen molar-refractivity contribution in [2.45, 2.75) is 6.92 Å². The van der Waals surface area contributed by atoms with E-state index in [0.717, 1.165) is 4.90 Å². The summed E-state index contributed by atoms with van der Waals surface area (Å²) < 4.78 is 16.1. The van der Waals surface area contributed by atoms with Crippen molar-refractivity contribution in [2.24, 2.45) is 0 Å². The summed E-state index contributed by atoms with van der Waals surface area (Å²) in [7, 11) is 2.97. The van der Waals surface area contributed by atoms with Crippen LogP contribution in [0.25, 0.3) is 6.08 Å². The normalized spacial score (nSPS) is 14.2. The minimum Gasteiger partial charge on any atom is -0.497 e. The molecule has 39 heavy (non-hydrogen) atoms. The quantitative estimate of drug-likeness (QED) is 0.316. The van der Waals surface area contributed by atoms with Gasteiger partial charge >= 0.3 is 6.03 Å². The number of hydrogen-bond acceptors (Lipinski definition) is 7. The Hall–Kier alpha value is -4.83. The molecule has 11 heteroatoms. The molecule has 0 spiro atoms. The number of urea groups is 1. The number of amides is 5. The highest BCUT2D eigenvalue weighted by molar-refractivity contribution is 6.39. The van der Waals surface area contributed by atoms with Crippen molar-refractivity contribution in [1.82, 2.24) is 5.32 Å². The lowest BCUT2D eigenvalue weighted by Gasteiger charge is -2.27.